The van der Waals surface area contributed by atoms with Gasteiger partial charge in [0, 0.05) is 18.7 Å². The lowest BCUT2D eigenvalue weighted by Crippen LogP contribution is -2.36. The van der Waals surface area contributed by atoms with Gasteiger partial charge in [-0.25, -0.2) is 9.36 Å². The van der Waals surface area contributed by atoms with Crippen molar-refractivity contribution in [2.75, 3.05) is 6.54 Å². The lowest BCUT2D eigenvalue weighted by atomic mass is 10.3. The Morgan fingerprint density at radius 3 is 2.75 bits per heavy atom. The average molecular weight is 346 g/mol. The van der Waals surface area contributed by atoms with Gasteiger partial charge in [0.05, 0.1) is 4.92 Å². The second-order valence-electron chi connectivity index (χ2n) is 4.79. The molecule has 0 fully saturated rings. The van der Waals surface area contributed by atoms with E-state index in [1.54, 1.807) is 0 Å². The molecule has 0 aliphatic heterocycles. The van der Waals surface area contributed by atoms with Gasteiger partial charge in [-0.15, -0.1) is 18.2 Å². The maximum atomic E-state index is 12.5. The molecule has 2 aromatic rings. The number of hydrogen-bond donors (Lipinski definition) is 1. The summed E-state index contributed by atoms with van der Waals surface area (Å²) in [6, 6.07) is 2.21. The van der Waals surface area contributed by atoms with Gasteiger partial charge in [0.25, 0.3) is 5.69 Å². The molecule has 0 spiro atoms. The molecule has 0 aliphatic carbocycles. The van der Waals surface area contributed by atoms with Gasteiger partial charge >= 0.3 is 18.0 Å². The number of fused-ring (bicyclic) bond motifs is 1. The normalized spacial score (nSPS) is 12.6. The van der Waals surface area contributed by atoms with Crippen LogP contribution in [0.4, 0.5) is 23.7 Å². The van der Waals surface area contributed by atoms with E-state index in [9.17, 15) is 28.1 Å². The summed E-state index contributed by atoms with van der Waals surface area (Å²) in [7, 11) is 0. The number of nitrogens with zero attached hydrogens (tertiary/aromatic N) is 3. The number of alkyl halides is 3. The van der Waals surface area contributed by atoms with Gasteiger partial charge < -0.3 is 9.73 Å². The number of carbonyl (C=O) groups is 1. The van der Waals surface area contributed by atoms with E-state index in [-0.39, 0.29) is 17.6 Å². The van der Waals surface area contributed by atoms with Crippen molar-refractivity contribution in [3.8, 4) is 0 Å². The van der Waals surface area contributed by atoms with E-state index in [0.717, 1.165) is 24.6 Å². The molecule has 1 aromatic carbocycles. The van der Waals surface area contributed by atoms with Crippen molar-refractivity contribution in [3.63, 3.8) is 0 Å². The predicted molar refractivity (Wildman–Crippen MR) is 76.2 cm³/mol. The number of oxazole rings is 1. The van der Waals surface area contributed by atoms with Crippen molar-refractivity contribution in [3.05, 3.63) is 34.0 Å². The van der Waals surface area contributed by atoms with Crippen LogP contribution >= 0.6 is 0 Å². The first-order valence-electron chi connectivity index (χ1n) is 6.93. The molecule has 130 valence electrons. The van der Waals surface area contributed by atoms with E-state index in [2.05, 4.69) is 10.3 Å². The first-order valence-corrected chi connectivity index (χ1v) is 6.93. The second kappa shape index (κ2) is 6.72. The summed E-state index contributed by atoms with van der Waals surface area (Å²) in [5.41, 5.74) is -1.71. The zero-order valence-electron chi connectivity index (χ0n) is 12.5. The van der Waals surface area contributed by atoms with Gasteiger partial charge in [-0.3, -0.25) is 10.1 Å². The third-order valence-corrected chi connectivity index (χ3v) is 3.02. The Balaban J connectivity index is 2.63. The molecule has 0 aliphatic rings. The highest BCUT2D eigenvalue weighted by molar-refractivity contribution is 5.88. The molecule has 2 rings (SSSR count). The van der Waals surface area contributed by atoms with Crippen LogP contribution in [0.25, 0.3) is 11.1 Å². The van der Waals surface area contributed by atoms with E-state index >= 15 is 0 Å². The third kappa shape index (κ3) is 3.91. The molecule has 0 atom stereocenters. The molecule has 0 radical (unpaired) electrons. The Labute approximate surface area is 132 Å². The highest BCUT2D eigenvalue weighted by atomic mass is 19.4. The van der Waals surface area contributed by atoms with Crippen LogP contribution in [0, 0.1) is 10.1 Å². The average Bonchev–Trinajstić information content (AvgIpc) is 2.81. The standard InChI is InChI=1S/C13H13F3N4O4/c1-2-3-6-17-11(21)19-9-7-8(20(22)23)4-5-10(9)24-12(19)18-13(14,15)16/h4-5,7H,2-3,6H2,1H3,(H,17,21)/b18-12+. The van der Waals surface area contributed by atoms with Crippen LogP contribution in [0.1, 0.15) is 19.8 Å². The Kier molecular flexibility index (Phi) is 4.90. The summed E-state index contributed by atoms with van der Waals surface area (Å²) in [6.45, 7) is 2.11. The van der Waals surface area contributed by atoms with Crippen LogP contribution in [0.5, 0.6) is 0 Å². The van der Waals surface area contributed by atoms with Gasteiger partial charge in [-0.1, -0.05) is 13.3 Å². The van der Waals surface area contributed by atoms with Crippen LogP contribution in [-0.2, 0) is 0 Å². The molecule has 0 saturated heterocycles. The fourth-order valence-corrected chi connectivity index (χ4v) is 1.96. The molecule has 0 unspecified atom stereocenters. The SMILES string of the molecule is CCCCNC(=O)n1/c(=N\C(F)(F)F)oc2ccc([N+](=O)[O-])cc21. The predicted octanol–water partition coefficient (Wildman–Crippen LogP) is 2.92. The minimum absolute atomic E-state index is 0.130. The van der Waals surface area contributed by atoms with Gasteiger partial charge in [-0.05, 0) is 12.5 Å². The summed E-state index contributed by atoms with van der Waals surface area (Å²) in [6.07, 6.45) is -3.58. The molecule has 1 aromatic heterocycles. The number of benzene rings is 1. The number of carbonyl (C=O) groups excluding carboxylic acids is 1. The fraction of sp³-hybridized carbons (Fsp3) is 0.385. The number of aromatic nitrogens is 1. The van der Waals surface area contributed by atoms with Crippen molar-refractivity contribution >= 4 is 22.8 Å². The molecule has 0 bridgehead atoms. The Morgan fingerprint density at radius 2 is 2.17 bits per heavy atom. The topological polar surface area (TPSA) is 103 Å². The number of nitrogens with one attached hydrogen (secondary N) is 1. The molecule has 24 heavy (non-hydrogen) atoms. The summed E-state index contributed by atoms with van der Waals surface area (Å²) < 4.78 is 43.1. The fourth-order valence-electron chi connectivity index (χ4n) is 1.96. The largest absolute Gasteiger partial charge is 0.507 e. The van der Waals surface area contributed by atoms with Crippen LogP contribution in [-0.4, -0.2) is 28.4 Å². The second-order valence-corrected chi connectivity index (χ2v) is 4.79. The third-order valence-electron chi connectivity index (χ3n) is 3.02. The zero-order valence-corrected chi connectivity index (χ0v) is 12.5. The van der Waals surface area contributed by atoms with E-state index in [1.807, 2.05) is 6.92 Å². The maximum absolute atomic E-state index is 12.5. The van der Waals surface area contributed by atoms with E-state index < -0.39 is 28.6 Å². The summed E-state index contributed by atoms with van der Waals surface area (Å²) in [5, 5.41) is 13.3. The highest BCUT2D eigenvalue weighted by Crippen LogP contribution is 2.21. The van der Waals surface area contributed by atoms with Gasteiger partial charge in [0.2, 0.25) is 0 Å². The number of nitro benzene ring substituents is 1. The Morgan fingerprint density at radius 1 is 1.46 bits per heavy atom. The first-order chi connectivity index (χ1) is 11.2. The molecule has 11 heteroatoms. The minimum atomic E-state index is -4.97. The molecule has 1 amide bonds. The Bertz CT molecular complexity index is 838. The molecular weight excluding hydrogens is 333 g/mol. The molecular formula is C13H13F3N4O4. The van der Waals surface area contributed by atoms with Crippen molar-refractivity contribution in [1.82, 2.24) is 9.88 Å². The van der Waals surface area contributed by atoms with Crippen molar-refractivity contribution in [2.24, 2.45) is 4.99 Å². The lowest BCUT2D eigenvalue weighted by molar-refractivity contribution is -0.384. The summed E-state index contributed by atoms with van der Waals surface area (Å²) >= 11 is 0. The van der Waals surface area contributed by atoms with Crippen molar-refractivity contribution in [2.45, 2.75) is 26.1 Å². The maximum Gasteiger partial charge on any atom is 0.507 e. The van der Waals surface area contributed by atoms with Gasteiger partial charge in [0.1, 0.15) is 5.52 Å². The van der Waals surface area contributed by atoms with Gasteiger partial charge in [-0.2, -0.15) is 0 Å². The van der Waals surface area contributed by atoms with Crippen LogP contribution < -0.4 is 11.0 Å². The van der Waals surface area contributed by atoms with E-state index in [0.29, 0.717) is 11.0 Å². The number of halogens is 3. The number of hydrogen-bond acceptors (Lipinski definition) is 5. The number of amides is 1. The lowest BCUT2D eigenvalue weighted by Gasteiger charge is -2.05. The molecule has 1 N–H and O–H groups in total. The quantitative estimate of drug-likeness (QED) is 0.398. The smallest absolute Gasteiger partial charge is 0.423 e. The number of nitro groups is 1. The number of unbranched alkanes of at least 4 members (excludes halogenated alkanes) is 1. The number of non-ortho nitro benzene ring substituents is 1. The van der Waals surface area contributed by atoms with E-state index in [4.69, 9.17) is 4.42 Å². The molecule has 0 saturated carbocycles. The molecule has 1 heterocycles. The molecule has 8 nitrogen and oxygen atoms in total. The number of rotatable bonds is 4. The zero-order chi connectivity index (χ0) is 17.9. The summed E-state index contributed by atoms with van der Waals surface area (Å²) in [5.74, 6) is 0. The van der Waals surface area contributed by atoms with E-state index in [1.165, 1.54) is 0 Å². The van der Waals surface area contributed by atoms with Crippen LogP contribution in [0.15, 0.2) is 27.6 Å². The van der Waals surface area contributed by atoms with Crippen molar-refractivity contribution in [1.29, 1.82) is 0 Å². The minimum Gasteiger partial charge on any atom is -0.423 e. The van der Waals surface area contributed by atoms with Crippen LogP contribution in [0.3, 0.4) is 0 Å². The van der Waals surface area contributed by atoms with Crippen molar-refractivity contribution < 1.29 is 27.3 Å². The van der Waals surface area contributed by atoms with Crippen LogP contribution in [0.2, 0.25) is 0 Å². The first kappa shape index (κ1) is 17.5. The highest BCUT2D eigenvalue weighted by Gasteiger charge is 2.29. The summed E-state index contributed by atoms with van der Waals surface area (Å²) in [4.78, 5) is 24.7. The van der Waals surface area contributed by atoms with Gasteiger partial charge in [0.15, 0.2) is 5.58 Å². The monoisotopic (exact) mass is 346 g/mol. The Hall–Kier alpha value is -2.85.